The molecule has 0 fully saturated rings. The van der Waals surface area contributed by atoms with Crippen molar-refractivity contribution in [3.63, 3.8) is 0 Å². The fraction of sp³-hybridized carbons (Fsp3) is 0.500. The molecule has 0 saturated heterocycles. The molecule has 1 aromatic heterocycles. The highest BCUT2D eigenvalue weighted by Gasteiger charge is 2.09. The first-order valence-electron chi connectivity index (χ1n) is 4.22. The number of pyridine rings is 1. The molecule has 2 nitrogen and oxygen atoms in total. The first-order chi connectivity index (χ1) is 5.54. The molecule has 1 N–H and O–H groups in total. The topological polar surface area (TPSA) is 32.9 Å². The van der Waals surface area contributed by atoms with Gasteiger partial charge in [-0.05, 0) is 19.8 Å². The van der Waals surface area contributed by atoms with Gasteiger partial charge in [0, 0.05) is 23.0 Å². The lowest BCUT2D eigenvalue weighted by molar-refractivity contribution is 0.828. The number of aromatic nitrogens is 1. The van der Waals surface area contributed by atoms with Crippen molar-refractivity contribution in [3.05, 3.63) is 33.2 Å². The molecule has 1 rings (SSSR count). The highest BCUT2D eigenvalue weighted by Crippen LogP contribution is 2.12. The van der Waals surface area contributed by atoms with Gasteiger partial charge in [0.1, 0.15) is 0 Å². The van der Waals surface area contributed by atoms with Crippen molar-refractivity contribution in [2.24, 2.45) is 0 Å². The number of aryl methyl sites for hydroxylation is 2. The van der Waals surface area contributed by atoms with Crippen LogP contribution >= 0.6 is 0 Å². The minimum atomic E-state index is 0.182. The van der Waals surface area contributed by atoms with Gasteiger partial charge >= 0.3 is 0 Å². The summed E-state index contributed by atoms with van der Waals surface area (Å²) in [7, 11) is 0. The van der Waals surface area contributed by atoms with Crippen molar-refractivity contribution in [1.82, 2.24) is 4.98 Å². The summed E-state index contributed by atoms with van der Waals surface area (Å²) in [4.78, 5) is 14.7. The van der Waals surface area contributed by atoms with Gasteiger partial charge in [0.15, 0.2) is 5.43 Å². The number of aromatic amines is 1. The van der Waals surface area contributed by atoms with Crippen molar-refractivity contribution in [2.45, 2.75) is 33.6 Å². The Morgan fingerprint density at radius 2 is 1.92 bits per heavy atom. The molecule has 1 aromatic rings. The molecule has 12 heavy (non-hydrogen) atoms. The summed E-state index contributed by atoms with van der Waals surface area (Å²) in [5, 5.41) is 0. The van der Waals surface area contributed by atoms with Crippen molar-refractivity contribution >= 4 is 0 Å². The summed E-state index contributed by atoms with van der Waals surface area (Å²) < 4.78 is 0. The van der Waals surface area contributed by atoms with Crippen LogP contribution in [0.15, 0.2) is 11.0 Å². The zero-order valence-corrected chi connectivity index (χ0v) is 8.06. The Kier molecular flexibility index (Phi) is 2.36. The zero-order valence-electron chi connectivity index (χ0n) is 8.06. The number of H-pyrrole nitrogens is 1. The van der Waals surface area contributed by atoms with E-state index in [4.69, 9.17) is 0 Å². The van der Waals surface area contributed by atoms with Gasteiger partial charge in [-0.1, -0.05) is 13.8 Å². The van der Waals surface area contributed by atoms with Gasteiger partial charge in [0.2, 0.25) is 0 Å². The van der Waals surface area contributed by atoms with Gasteiger partial charge in [0.05, 0.1) is 0 Å². The maximum atomic E-state index is 11.6. The lowest BCUT2D eigenvalue weighted by Gasteiger charge is -2.08. The van der Waals surface area contributed by atoms with Crippen LogP contribution in [0.25, 0.3) is 0 Å². The van der Waals surface area contributed by atoms with Crippen LogP contribution in [-0.4, -0.2) is 4.98 Å². The second kappa shape index (κ2) is 3.13. The van der Waals surface area contributed by atoms with Gasteiger partial charge in [-0.15, -0.1) is 0 Å². The molecule has 2 heteroatoms. The molecular weight excluding hydrogens is 150 g/mol. The van der Waals surface area contributed by atoms with Crippen molar-refractivity contribution in [3.8, 4) is 0 Å². The number of hydrogen-bond acceptors (Lipinski definition) is 1. The van der Waals surface area contributed by atoms with Gasteiger partial charge in [0.25, 0.3) is 0 Å². The fourth-order valence-corrected chi connectivity index (χ4v) is 1.44. The Labute approximate surface area is 72.6 Å². The van der Waals surface area contributed by atoms with Gasteiger partial charge in [-0.2, -0.15) is 0 Å². The maximum absolute atomic E-state index is 11.6. The summed E-state index contributed by atoms with van der Waals surface area (Å²) in [5.41, 5.74) is 2.88. The third-order valence-electron chi connectivity index (χ3n) is 2.09. The Hall–Kier alpha value is -1.05. The molecule has 1 heterocycles. The second-order valence-corrected chi connectivity index (χ2v) is 3.49. The van der Waals surface area contributed by atoms with Crippen LogP contribution in [0.5, 0.6) is 0 Å². The number of rotatable bonds is 1. The van der Waals surface area contributed by atoms with E-state index in [-0.39, 0.29) is 5.43 Å². The van der Waals surface area contributed by atoms with Crippen molar-refractivity contribution < 1.29 is 0 Å². The van der Waals surface area contributed by atoms with Crippen LogP contribution in [0, 0.1) is 13.8 Å². The first-order valence-corrected chi connectivity index (χ1v) is 4.22. The molecule has 0 radical (unpaired) electrons. The number of nitrogens with one attached hydrogen (secondary N) is 1. The Morgan fingerprint density at radius 1 is 1.33 bits per heavy atom. The minimum Gasteiger partial charge on any atom is -0.364 e. The third-order valence-corrected chi connectivity index (χ3v) is 2.09. The highest BCUT2D eigenvalue weighted by atomic mass is 16.1. The number of hydrogen-bond donors (Lipinski definition) is 1. The molecule has 0 aromatic carbocycles. The molecule has 66 valence electrons. The van der Waals surface area contributed by atoms with Gasteiger partial charge in [-0.3, -0.25) is 4.79 Å². The SMILES string of the molecule is Cc1[nH]cc(C)c(=O)c1C(C)C. The molecule has 0 aliphatic heterocycles. The minimum absolute atomic E-state index is 0.182. The molecule has 0 spiro atoms. The Balaban J connectivity index is 3.44. The van der Waals surface area contributed by atoms with E-state index in [1.54, 1.807) is 6.20 Å². The van der Waals surface area contributed by atoms with Gasteiger partial charge in [-0.25, -0.2) is 0 Å². The highest BCUT2D eigenvalue weighted by molar-refractivity contribution is 5.26. The van der Waals surface area contributed by atoms with Gasteiger partial charge < -0.3 is 4.98 Å². The molecule has 0 atom stereocenters. The molecule has 0 aliphatic carbocycles. The van der Waals surface area contributed by atoms with Crippen LogP contribution in [0.1, 0.15) is 36.6 Å². The first kappa shape index (κ1) is 9.04. The summed E-state index contributed by atoms with van der Waals surface area (Å²) >= 11 is 0. The zero-order chi connectivity index (χ0) is 9.30. The average molecular weight is 165 g/mol. The van der Waals surface area contributed by atoms with E-state index in [1.807, 2.05) is 27.7 Å². The summed E-state index contributed by atoms with van der Waals surface area (Å²) in [6, 6.07) is 0. The molecule has 0 amide bonds. The molecular formula is C10H15NO. The second-order valence-electron chi connectivity index (χ2n) is 3.49. The average Bonchev–Trinajstić information content (AvgIpc) is 1.97. The Bertz CT molecular complexity index is 336. The molecule has 0 aliphatic rings. The van der Waals surface area contributed by atoms with E-state index < -0.39 is 0 Å². The molecule has 0 bridgehead atoms. The largest absolute Gasteiger partial charge is 0.364 e. The van der Waals surface area contributed by atoms with E-state index in [2.05, 4.69) is 4.98 Å². The van der Waals surface area contributed by atoms with E-state index in [0.717, 1.165) is 16.8 Å². The van der Waals surface area contributed by atoms with E-state index in [0.29, 0.717) is 5.92 Å². The lowest BCUT2D eigenvalue weighted by Crippen LogP contribution is -2.16. The quantitative estimate of drug-likeness (QED) is 0.679. The summed E-state index contributed by atoms with van der Waals surface area (Å²) in [6.07, 6.45) is 1.77. The van der Waals surface area contributed by atoms with Crippen molar-refractivity contribution in [1.29, 1.82) is 0 Å². The maximum Gasteiger partial charge on any atom is 0.188 e. The van der Waals surface area contributed by atoms with Crippen molar-refractivity contribution in [2.75, 3.05) is 0 Å². The van der Waals surface area contributed by atoms with E-state index >= 15 is 0 Å². The summed E-state index contributed by atoms with van der Waals surface area (Å²) in [6.45, 7) is 7.86. The predicted molar refractivity (Wildman–Crippen MR) is 50.6 cm³/mol. The third kappa shape index (κ3) is 1.42. The van der Waals surface area contributed by atoms with Crippen LogP contribution < -0.4 is 5.43 Å². The normalized spacial score (nSPS) is 10.8. The van der Waals surface area contributed by atoms with Crippen LogP contribution in [-0.2, 0) is 0 Å². The van der Waals surface area contributed by atoms with Crippen LogP contribution in [0.2, 0.25) is 0 Å². The smallest absolute Gasteiger partial charge is 0.188 e. The fourth-order valence-electron chi connectivity index (χ4n) is 1.44. The summed E-state index contributed by atoms with van der Waals surface area (Å²) in [5.74, 6) is 0.300. The monoisotopic (exact) mass is 165 g/mol. The van der Waals surface area contributed by atoms with E-state index in [1.165, 1.54) is 0 Å². The predicted octanol–water partition coefficient (Wildman–Crippen LogP) is 2.12. The standard InChI is InChI=1S/C10H15NO/c1-6(2)9-8(4)11-5-7(3)10(9)12/h5-6H,1-4H3,(H,11,12). The van der Waals surface area contributed by atoms with Crippen LogP contribution in [0.3, 0.4) is 0 Å². The van der Waals surface area contributed by atoms with E-state index in [9.17, 15) is 4.79 Å². The molecule has 0 saturated carbocycles. The molecule has 0 unspecified atom stereocenters. The van der Waals surface area contributed by atoms with Crippen LogP contribution in [0.4, 0.5) is 0 Å². The lowest BCUT2D eigenvalue weighted by atomic mass is 10.00. The Morgan fingerprint density at radius 3 is 2.33 bits per heavy atom.